The van der Waals surface area contributed by atoms with Gasteiger partial charge in [0.2, 0.25) is 0 Å². The average molecular weight is 503 g/mol. The standard InChI is InChI=1S/C23H30ClF3N4O3/c1-13-11-30(12-15-4-6-17(7-5-15)34-23(25,26)27)14(2)8-18(13)31-20-19(9-16(24)10-28-20)29(3)21(32)22(31)33/h4-7,13-14,16,18-20,28H,8-12H2,1-3H3/t13-,14+,16?,18?,19?,20?/m0/s1. The smallest absolute Gasteiger partial charge is 0.406 e. The second kappa shape index (κ2) is 9.54. The number of alkyl halides is 4. The molecule has 3 aliphatic rings. The van der Waals surface area contributed by atoms with Crippen LogP contribution >= 0.6 is 11.6 Å². The zero-order valence-electron chi connectivity index (χ0n) is 19.4. The quantitative estimate of drug-likeness (QED) is 0.507. The number of hydrogen-bond donors (Lipinski definition) is 1. The molecule has 4 rings (SSSR count). The van der Waals surface area contributed by atoms with Gasteiger partial charge in [0.05, 0.1) is 6.04 Å². The Morgan fingerprint density at radius 1 is 1.09 bits per heavy atom. The van der Waals surface area contributed by atoms with Gasteiger partial charge in [-0.2, -0.15) is 0 Å². The van der Waals surface area contributed by atoms with Crippen LogP contribution in [0.2, 0.25) is 0 Å². The first-order valence-corrected chi connectivity index (χ1v) is 11.9. The number of benzene rings is 1. The number of piperidine rings is 2. The maximum Gasteiger partial charge on any atom is 0.573 e. The summed E-state index contributed by atoms with van der Waals surface area (Å²) in [6.07, 6.45) is -3.67. The van der Waals surface area contributed by atoms with E-state index in [1.165, 1.54) is 17.0 Å². The molecule has 11 heteroatoms. The van der Waals surface area contributed by atoms with Gasteiger partial charge in [0, 0.05) is 44.1 Å². The summed E-state index contributed by atoms with van der Waals surface area (Å²) in [5, 5.41) is 3.28. The van der Waals surface area contributed by atoms with E-state index < -0.39 is 18.2 Å². The first-order valence-electron chi connectivity index (χ1n) is 11.5. The molecule has 1 aromatic carbocycles. The summed E-state index contributed by atoms with van der Waals surface area (Å²) in [5.41, 5.74) is 0.875. The molecule has 0 saturated carbocycles. The molecule has 1 aromatic rings. The number of carbonyl (C=O) groups excluding carboxylic acids is 2. The fourth-order valence-corrected chi connectivity index (χ4v) is 5.72. The van der Waals surface area contributed by atoms with E-state index in [-0.39, 0.29) is 41.3 Å². The molecule has 3 fully saturated rings. The largest absolute Gasteiger partial charge is 0.573 e. The molecule has 0 spiro atoms. The van der Waals surface area contributed by atoms with Crippen molar-refractivity contribution in [1.82, 2.24) is 20.0 Å². The minimum atomic E-state index is -4.72. The molecule has 0 bridgehead atoms. The molecule has 7 nitrogen and oxygen atoms in total. The summed E-state index contributed by atoms with van der Waals surface area (Å²) in [7, 11) is 1.66. The Bertz CT molecular complexity index is 916. The number of fused-ring (bicyclic) bond motifs is 1. The molecule has 188 valence electrons. The highest BCUT2D eigenvalue weighted by Crippen LogP contribution is 2.34. The van der Waals surface area contributed by atoms with Gasteiger partial charge >= 0.3 is 18.2 Å². The number of ether oxygens (including phenoxy) is 1. The number of rotatable bonds is 4. The molecule has 1 N–H and O–H groups in total. The van der Waals surface area contributed by atoms with E-state index in [0.29, 0.717) is 32.5 Å². The van der Waals surface area contributed by atoms with Crippen LogP contribution in [-0.2, 0) is 16.1 Å². The van der Waals surface area contributed by atoms with Gasteiger partial charge in [-0.1, -0.05) is 19.1 Å². The van der Waals surface area contributed by atoms with Crippen molar-refractivity contribution in [3.8, 4) is 5.75 Å². The van der Waals surface area contributed by atoms with E-state index >= 15 is 0 Å². The van der Waals surface area contributed by atoms with E-state index in [2.05, 4.69) is 28.8 Å². The minimum absolute atomic E-state index is 0.0976. The Morgan fingerprint density at radius 2 is 1.76 bits per heavy atom. The molecule has 0 aliphatic carbocycles. The van der Waals surface area contributed by atoms with Crippen LogP contribution in [0.5, 0.6) is 5.75 Å². The molecular weight excluding hydrogens is 473 g/mol. The summed E-state index contributed by atoms with van der Waals surface area (Å²) < 4.78 is 41.2. The Labute approximate surface area is 202 Å². The highest BCUT2D eigenvalue weighted by Gasteiger charge is 2.51. The van der Waals surface area contributed by atoms with E-state index in [1.807, 2.05) is 0 Å². The van der Waals surface area contributed by atoms with E-state index in [9.17, 15) is 22.8 Å². The van der Waals surface area contributed by atoms with Crippen LogP contribution in [0.4, 0.5) is 13.2 Å². The summed E-state index contributed by atoms with van der Waals surface area (Å²) in [5.74, 6) is -1.14. The van der Waals surface area contributed by atoms with Crippen LogP contribution in [-0.4, -0.2) is 82.7 Å². The molecule has 34 heavy (non-hydrogen) atoms. The van der Waals surface area contributed by atoms with Gasteiger partial charge in [-0.15, -0.1) is 24.8 Å². The van der Waals surface area contributed by atoms with Crippen molar-refractivity contribution in [3.05, 3.63) is 29.8 Å². The summed E-state index contributed by atoms with van der Waals surface area (Å²) in [6, 6.07) is 5.73. The van der Waals surface area contributed by atoms with E-state index in [1.54, 1.807) is 24.1 Å². The lowest BCUT2D eigenvalue weighted by molar-refractivity contribution is -0.274. The van der Waals surface area contributed by atoms with Gasteiger partial charge in [-0.25, -0.2) is 0 Å². The number of piperazine rings is 1. The van der Waals surface area contributed by atoms with Crippen molar-refractivity contribution in [1.29, 1.82) is 0 Å². The van der Waals surface area contributed by atoms with Crippen LogP contribution in [0.15, 0.2) is 24.3 Å². The monoisotopic (exact) mass is 502 g/mol. The fourth-order valence-electron chi connectivity index (χ4n) is 5.45. The SMILES string of the molecule is C[C@@H]1CC(N2C(=O)C(=O)N(C)C3CC(Cl)CNC32)[C@@H](C)CN1Cc1ccc(OC(F)(F)F)cc1. The zero-order valence-corrected chi connectivity index (χ0v) is 20.1. The number of carbonyl (C=O) groups is 2. The van der Waals surface area contributed by atoms with Gasteiger partial charge in [0.15, 0.2) is 0 Å². The van der Waals surface area contributed by atoms with Gasteiger partial charge in [0.25, 0.3) is 0 Å². The lowest BCUT2D eigenvalue weighted by atomic mass is 9.85. The highest BCUT2D eigenvalue weighted by atomic mass is 35.5. The third-order valence-corrected chi connectivity index (χ3v) is 7.56. The van der Waals surface area contributed by atoms with Crippen molar-refractivity contribution >= 4 is 23.4 Å². The Kier molecular flexibility index (Phi) is 7.04. The number of nitrogens with zero attached hydrogens (tertiary/aromatic N) is 3. The van der Waals surface area contributed by atoms with Crippen molar-refractivity contribution < 1.29 is 27.5 Å². The summed E-state index contributed by atoms with van der Waals surface area (Å²) >= 11 is 6.33. The zero-order chi connectivity index (χ0) is 24.8. The van der Waals surface area contributed by atoms with Crippen molar-refractivity contribution in [3.63, 3.8) is 0 Å². The lowest BCUT2D eigenvalue weighted by Crippen LogP contribution is -2.74. The molecule has 3 aliphatic heterocycles. The number of nitrogens with one attached hydrogen (secondary N) is 1. The average Bonchev–Trinajstić information content (AvgIpc) is 2.76. The summed E-state index contributed by atoms with van der Waals surface area (Å²) in [4.78, 5) is 31.3. The topological polar surface area (TPSA) is 65.1 Å². The number of amides is 2. The first kappa shape index (κ1) is 25.1. The summed E-state index contributed by atoms with van der Waals surface area (Å²) in [6.45, 7) is 5.98. The molecule has 2 amide bonds. The fraction of sp³-hybridized carbons (Fsp3) is 0.652. The third kappa shape index (κ3) is 5.13. The van der Waals surface area contributed by atoms with Gasteiger partial charge < -0.3 is 14.5 Å². The number of halogens is 4. The van der Waals surface area contributed by atoms with Crippen molar-refractivity contribution in [2.75, 3.05) is 20.1 Å². The lowest BCUT2D eigenvalue weighted by Gasteiger charge is -2.54. The Hall–Kier alpha value is -2.04. The molecule has 6 atom stereocenters. The van der Waals surface area contributed by atoms with Crippen LogP contribution in [0.1, 0.15) is 32.3 Å². The van der Waals surface area contributed by atoms with E-state index in [4.69, 9.17) is 11.6 Å². The first-order chi connectivity index (χ1) is 15.9. The maximum absolute atomic E-state index is 13.1. The predicted molar refractivity (Wildman–Crippen MR) is 120 cm³/mol. The maximum atomic E-state index is 13.1. The minimum Gasteiger partial charge on any atom is -0.406 e. The van der Waals surface area contributed by atoms with Crippen LogP contribution < -0.4 is 10.1 Å². The van der Waals surface area contributed by atoms with Crippen molar-refractivity contribution in [2.45, 2.75) is 69.3 Å². The second-order valence-corrected chi connectivity index (χ2v) is 10.2. The second-order valence-electron chi connectivity index (χ2n) is 9.63. The predicted octanol–water partition coefficient (Wildman–Crippen LogP) is 2.78. The normalized spacial score (nSPS) is 33.1. The number of likely N-dealkylation sites (N-methyl/N-ethyl adjacent to an activating group) is 1. The van der Waals surface area contributed by atoms with E-state index in [0.717, 1.165) is 5.56 Å². The molecule has 3 saturated heterocycles. The highest BCUT2D eigenvalue weighted by molar-refractivity contribution is 6.35. The Balaban J connectivity index is 1.45. The number of likely N-dealkylation sites (tertiary alicyclic amines) is 1. The van der Waals surface area contributed by atoms with Crippen LogP contribution in [0.25, 0.3) is 0 Å². The van der Waals surface area contributed by atoms with Crippen LogP contribution in [0.3, 0.4) is 0 Å². The Morgan fingerprint density at radius 3 is 2.41 bits per heavy atom. The van der Waals surface area contributed by atoms with Gasteiger partial charge in [-0.3, -0.25) is 19.8 Å². The van der Waals surface area contributed by atoms with Gasteiger partial charge in [-0.05, 0) is 43.4 Å². The van der Waals surface area contributed by atoms with Gasteiger partial charge in [0.1, 0.15) is 11.9 Å². The van der Waals surface area contributed by atoms with Crippen LogP contribution in [0, 0.1) is 5.92 Å². The molecule has 4 unspecified atom stereocenters. The number of hydrogen-bond acceptors (Lipinski definition) is 5. The molecular formula is C23H30ClF3N4O3. The van der Waals surface area contributed by atoms with Crippen molar-refractivity contribution in [2.24, 2.45) is 5.92 Å². The molecule has 3 heterocycles. The molecule has 0 aromatic heterocycles. The molecule has 0 radical (unpaired) electrons. The third-order valence-electron chi connectivity index (χ3n) is 7.23.